The normalized spacial score (nSPS) is 18.0. The van der Waals surface area contributed by atoms with Gasteiger partial charge < -0.3 is 4.90 Å². The molecule has 4 rings (SSSR count). The first-order valence-corrected chi connectivity index (χ1v) is 8.25. The molecule has 0 radical (unpaired) electrons. The molecule has 0 saturated heterocycles. The van der Waals surface area contributed by atoms with E-state index in [9.17, 15) is 4.79 Å². The van der Waals surface area contributed by atoms with Crippen LogP contribution in [0.15, 0.2) is 78.0 Å². The van der Waals surface area contributed by atoms with Crippen LogP contribution < -0.4 is 0 Å². The van der Waals surface area contributed by atoms with Crippen LogP contribution >= 0.6 is 0 Å². The van der Waals surface area contributed by atoms with Crippen LogP contribution in [-0.4, -0.2) is 32.1 Å². The quantitative estimate of drug-likeness (QED) is 0.865. The Bertz CT molecular complexity index is 843. The summed E-state index contributed by atoms with van der Waals surface area (Å²) < 4.78 is 0. The predicted octanol–water partition coefficient (Wildman–Crippen LogP) is 2.71. The second kappa shape index (κ2) is 6.09. The summed E-state index contributed by atoms with van der Waals surface area (Å²) in [5.74, 6) is 0.644. The Hall–Kier alpha value is -3.08. The van der Waals surface area contributed by atoms with Crippen LogP contribution in [0.25, 0.3) is 0 Å². The van der Waals surface area contributed by atoms with Gasteiger partial charge >= 0.3 is 0 Å². The van der Waals surface area contributed by atoms with E-state index in [1.165, 1.54) is 0 Å². The van der Waals surface area contributed by atoms with Crippen molar-refractivity contribution in [3.63, 3.8) is 0 Å². The second-order valence-electron chi connectivity index (χ2n) is 6.40. The van der Waals surface area contributed by atoms with Gasteiger partial charge in [-0.2, -0.15) is 4.99 Å². The maximum absolute atomic E-state index is 13.1. The van der Waals surface area contributed by atoms with Gasteiger partial charge in [-0.25, -0.2) is 0 Å². The molecule has 25 heavy (non-hydrogen) atoms. The Morgan fingerprint density at radius 1 is 0.960 bits per heavy atom. The fourth-order valence-electron chi connectivity index (χ4n) is 3.46. The van der Waals surface area contributed by atoms with Gasteiger partial charge in [0.15, 0.2) is 0 Å². The van der Waals surface area contributed by atoms with E-state index in [1.807, 2.05) is 54.4 Å². The van der Waals surface area contributed by atoms with Crippen molar-refractivity contribution in [1.29, 1.82) is 0 Å². The first kappa shape index (κ1) is 15.4. The minimum Gasteiger partial charge on any atom is -0.317 e. The molecule has 2 aliphatic rings. The standard InChI is InChI=1S/C20H18N4O/c1-15-3-2-12-24-18(15)23-19(25)20(24,13-16-4-8-21-9-5-16)14-17-6-10-22-11-7-17/h2-12H,13-14H2,1H3. The van der Waals surface area contributed by atoms with Crippen LogP contribution in [-0.2, 0) is 17.6 Å². The fourth-order valence-corrected chi connectivity index (χ4v) is 3.46. The molecule has 0 atom stereocenters. The molecular weight excluding hydrogens is 312 g/mol. The molecule has 2 aliphatic heterocycles. The zero-order valence-electron chi connectivity index (χ0n) is 14.0. The summed E-state index contributed by atoms with van der Waals surface area (Å²) in [4.78, 5) is 27.7. The van der Waals surface area contributed by atoms with Crippen LogP contribution in [0.5, 0.6) is 0 Å². The molecule has 2 aromatic heterocycles. The summed E-state index contributed by atoms with van der Waals surface area (Å²) in [6.45, 7) is 1.98. The minimum atomic E-state index is -0.760. The topological polar surface area (TPSA) is 58.5 Å². The third-order valence-electron chi connectivity index (χ3n) is 4.72. The summed E-state index contributed by atoms with van der Waals surface area (Å²) in [7, 11) is 0. The predicted molar refractivity (Wildman–Crippen MR) is 95.8 cm³/mol. The number of aromatic nitrogens is 2. The van der Waals surface area contributed by atoms with Gasteiger partial charge in [0.2, 0.25) is 0 Å². The first-order valence-electron chi connectivity index (χ1n) is 8.25. The van der Waals surface area contributed by atoms with Gasteiger partial charge in [-0.3, -0.25) is 14.8 Å². The summed E-state index contributed by atoms with van der Waals surface area (Å²) in [6, 6.07) is 7.82. The van der Waals surface area contributed by atoms with Crippen molar-refractivity contribution in [1.82, 2.24) is 14.9 Å². The highest BCUT2D eigenvalue weighted by molar-refractivity contribution is 6.14. The fraction of sp³-hybridized carbons (Fsp3) is 0.200. The molecule has 2 aromatic rings. The average Bonchev–Trinajstić information content (AvgIpc) is 2.90. The number of fused-ring (bicyclic) bond motifs is 1. The van der Waals surface area contributed by atoms with Crippen LogP contribution in [0, 0.1) is 0 Å². The van der Waals surface area contributed by atoms with Crippen molar-refractivity contribution in [2.24, 2.45) is 4.99 Å². The van der Waals surface area contributed by atoms with Crippen molar-refractivity contribution in [3.05, 3.63) is 84.1 Å². The molecule has 5 heteroatoms. The maximum Gasteiger partial charge on any atom is 0.274 e. The van der Waals surface area contributed by atoms with Gasteiger partial charge in [-0.05, 0) is 54.0 Å². The Morgan fingerprint density at radius 2 is 1.52 bits per heavy atom. The molecule has 0 aliphatic carbocycles. The van der Waals surface area contributed by atoms with Gasteiger partial charge in [-0.1, -0.05) is 6.08 Å². The van der Waals surface area contributed by atoms with E-state index in [1.54, 1.807) is 24.8 Å². The molecule has 0 saturated carbocycles. The molecule has 4 heterocycles. The van der Waals surface area contributed by atoms with Gasteiger partial charge in [0.25, 0.3) is 5.91 Å². The Kier molecular flexibility index (Phi) is 3.76. The van der Waals surface area contributed by atoms with E-state index < -0.39 is 5.54 Å². The first-order chi connectivity index (χ1) is 12.2. The van der Waals surface area contributed by atoms with Crippen molar-refractivity contribution in [2.45, 2.75) is 25.3 Å². The summed E-state index contributed by atoms with van der Waals surface area (Å²) in [6.07, 6.45) is 14.1. The van der Waals surface area contributed by atoms with Crippen molar-refractivity contribution in [2.75, 3.05) is 0 Å². The number of carbonyl (C=O) groups is 1. The van der Waals surface area contributed by atoms with Gasteiger partial charge in [0, 0.05) is 43.8 Å². The largest absolute Gasteiger partial charge is 0.317 e. The van der Waals surface area contributed by atoms with Crippen LogP contribution in [0.1, 0.15) is 18.1 Å². The lowest BCUT2D eigenvalue weighted by atomic mass is 9.83. The number of hydrogen-bond donors (Lipinski definition) is 0. The number of rotatable bonds is 4. The zero-order chi connectivity index (χ0) is 17.3. The van der Waals surface area contributed by atoms with E-state index in [0.717, 1.165) is 22.5 Å². The van der Waals surface area contributed by atoms with Crippen LogP contribution in [0.2, 0.25) is 0 Å². The van der Waals surface area contributed by atoms with E-state index in [4.69, 9.17) is 0 Å². The molecule has 0 aromatic carbocycles. The van der Waals surface area contributed by atoms with Crippen molar-refractivity contribution in [3.8, 4) is 0 Å². The molecule has 0 spiro atoms. The molecule has 5 nitrogen and oxygen atoms in total. The number of amidine groups is 1. The number of nitrogens with zero attached hydrogens (tertiary/aromatic N) is 4. The number of hydrogen-bond acceptors (Lipinski definition) is 4. The SMILES string of the molecule is CC1=CC=CN2C1=NC(=O)C2(Cc1ccncc1)Cc1ccncc1. The molecule has 0 fully saturated rings. The molecule has 0 unspecified atom stereocenters. The molecule has 124 valence electrons. The Morgan fingerprint density at radius 3 is 2.08 bits per heavy atom. The molecular formula is C20H18N4O. The van der Waals surface area contributed by atoms with E-state index in [-0.39, 0.29) is 5.91 Å². The molecule has 1 amide bonds. The number of pyridine rings is 2. The third kappa shape index (κ3) is 2.67. The number of allylic oxidation sites excluding steroid dienone is 2. The second-order valence-corrected chi connectivity index (χ2v) is 6.40. The summed E-state index contributed by atoms with van der Waals surface area (Å²) in [5.41, 5.74) is 2.37. The Labute approximate surface area is 146 Å². The minimum absolute atomic E-state index is 0.101. The monoisotopic (exact) mass is 330 g/mol. The van der Waals surface area contributed by atoms with Crippen LogP contribution in [0.4, 0.5) is 0 Å². The van der Waals surface area contributed by atoms with E-state index in [2.05, 4.69) is 15.0 Å². The number of carbonyl (C=O) groups excluding carboxylic acids is 1. The summed E-state index contributed by atoms with van der Waals surface area (Å²) in [5, 5.41) is 0. The van der Waals surface area contributed by atoms with Crippen molar-refractivity contribution < 1.29 is 4.79 Å². The van der Waals surface area contributed by atoms with E-state index in [0.29, 0.717) is 12.8 Å². The number of aliphatic imine (C=N–C) groups is 1. The van der Waals surface area contributed by atoms with Gasteiger partial charge in [-0.15, -0.1) is 0 Å². The lowest BCUT2D eigenvalue weighted by Crippen LogP contribution is -2.53. The van der Waals surface area contributed by atoms with Crippen molar-refractivity contribution >= 4 is 11.7 Å². The number of amides is 1. The highest BCUT2D eigenvalue weighted by atomic mass is 16.2. The molecule has 0 bridgehead atoms. The van der Waals surface area contributed by atoms with Gasteiger partial charge in [0.1, 0.15) is 11.4 Å². The maximum atomic E-state index is 13.1. The lowest BCUT2D eigenvalue weighted by molar-refractivity contribution is -0.124. The average molecular weight is 330 g/mol. The highest BCUT2D eigenvalue weighted by Crippen LogP contribution is 2.35. The summed E-state index contributed by atoms with van der Waals surface area (Å²) >= 11 is 0. The lowest BCUT2D eigenvalue weighted by Gasteiger charge is -2.37. The third-order valence-corrected chi connectivity index (χ3v) is 4.72. The van der Waals surface area contributed by atoms with E-state index >= 15 is 0 Å². The highest BCUT2D eigenvalue weighted by Gasteiger charge is 2.50. The van der Waals surface area contributed by atoms with Crippen LogP contribution in [0.3, 0.4) is 0 Å². The molecule has 0 N–H and O–H groups in total. The van der Waals surface area contributed by atoms with Gasteiger partial charge in [0.05, 0.1) is 0 Å². The zero-order valence-corrected chi connectivity index (χ0v) is 14.0. The Balaban J connectivity index is 1.78. The smallest absolute Gasteiger partial charge is 0.274 e.